The second-order valence-corrected chi connectivity index (χ2v) is 6.05. The van der Waals surface area contributed by atoms with E-state index in [-0.39, 0.29) is 23.6 Å². The Morgan fingerprint density at radius 3 is 2.80 bits per heavy atom. The summed E-state index contributed by atoms with van der Waals surface area (Å²) < 4.78 is 25.4. The SMILES string of the molecule is CNC(C)c1ccc(OCC2CCC(C)(C)O2)c(F)c1. The van der Waals surface area contributed by atoms with Gasteiger partial charge in [-0.15, -0.1) is 0 Å². The Kier molecular flexibility index (Phi) is 4.66. The van der Waals surface area contributed by atoms with Crippen LogP contribution in [0.4, 0.5) is 4.39 Å². The second-order valence-electron chi connectivity index (χ2n) is 6.05. The van der Waals surface area contributed by atoms with Gasteiger partial charge in [-0.05, 0) is 58.4 Å². The third-order valence-corrected chi connectivity index (χ3v) is 3.87. The predicted molar refractivity (Wildman–Crippen MR) is 77.6 cm³/mol. The topological polar surface area (TPSA) is 30.5 Å². The smallest absolute Gasteiger partial charge is 0.165 e. The largest absolute Gasteiger partial charge is 0.488 e. The van der Waals surface area contributed by atoms with E-state index in [4.69, 9.17) is 9.47 Å². The fourth-order valence-corrected chi connectivity index (χ4v) is 2.45. The number of hydrogen-bond donors (Lipinski definition) is 1. The Hall–Kier alpha value is -1.13. The highest BCUT2D eigenvalue weighted by Crippen LogP contribution is 2.30. The molecular formula is C16H24FNO2. The highest BCUT2D eigenvalue weighted by Gasteiger charge is 2.32. The quantitative estimate of drug-likeness (QED) is 0.896. The van der Waals surface area contributed by atoms with Crippen molar-refractivity contribution in [2.45, 2.75) is 51.4 Å². The lowest BCUT2D eigenvalue weighted by molar-refractivity contribution is -0.0330. The Balaban J connectivity index is 1.94. The van der Waals surface area contributed by atoms with Crippen LogP contribution in [0.25, 0.3) is 0 Å². The van der Waals surface area contributed by atoms with Crippen LogP contribution < -0.4 is 10.1 Å². The molecule has 2 rings (SSSR count). The third-order valence-electron chi connectivity index (χ3n) is 3.87. The standard InChI is InChI=1S/C16H24FNO2/c1-11(18-4)12-5-6-15(14(17)9-12)19-10-13-7-8-16(2,3)20-13/h5-6,9,11,13,18H,7-8,10H2,1-4H3. The number of ether oxygens (including phenoxy) is 2. The van der Waals surface area contributed by atoms with Crippen LogP contribution in [0, 0.1) is 5.82 Å². The highest BCUT2D eigenvalue weighted by atomic mass is 19.1. The van der Waals surface area contributed by atoms with Gasteiger partial charge in [0.2, 0.25) is 0 Å². The summed E-state index contributed by atoms with van der Waals surface area (Å²) in [6, 6.07) is 5.23. The zero-order chi connectivity index (χ0) is 14.8. The molecule has 0 saturated carbocycles. The maximum absolute atomic E-state index is 14.0. The minimum absolute atomic E-state index is 0.0558. The van der Waals surface area contributed by atoms with Crippen LogP contribution in [0.3, 0.4) is 0 Å². The average Bonchev–Trinajstić information content (AvgIpc) is 2.76. The first-order chi connectivity index (χ1) is 9.41. The fraction of sp³-hybridized carbons (Fsp3) is 0.625. The van der Waals surface area contributed by atoms with Gasteiger partial charge in [0.05, 0.1) is 11.7 Å². The van der Waals surface area contributed by atoms with Gasteiger partial charge in [0.1, 0.15) is 6.61 Å². The van der Waals surface area contributed by atoms with Crippen molar-refractivity contribution in [1.29, 1.82) is 0 Å². The van der Waals surface area contributed by atoms with Crippen molar-refractivity contribution >= 4 is 0 Å². The van der Waals surface area contributed by atoms with Crippen molar-refractivity contribution in [3.05, 3.63) is 29.6 Å². The van der Waals surface area contributed by atoms with Crippen LogP contribution in [-0.2, 0) is 4.74 Å². The van der Waals surface area contributed by atoms with Gasteiger partial charge in [0, 0.05) is 6.04 Å². The van der Waals surface area contributed by atoms with E-state index >= 15 is 0 Å². The van der Waals surface area contributed by atoms with E-state index in [1.807, 2.05) is 20.0 Å². The normalized spacial score (nSPS) is 22.8. The Bertz CT molecular complexity index is 462. The first kappa shape index (κ1) is 15.3. The number of rotatable bonds is 5. The Labute approximate surface area is 120 Å². The minimum atomic E-state index is -0.318. The van der Waals surface area contributed by atoms with Crippen molar-refractivity contribution in [3.8, 4) is 5.75 Å². The van der Waals surface area contributed by atoms with Gasteiger partial charge in [-0.3, -0.25) is 0 Å². The molecule has 1 aromatic carbocycles. The summed E-state index contributed by atoms with van der Waals surface area (Å²) in [7, 11) is 1.85. The predicted octanol–water partition coefficient (Wildman–Crippen LogP) is 3.44. The summed E-state index contributed by atoms with van der Waals surface area (Å²) in [5, 5.41) is 3.09. The molecule has 1 aromatic rings. The van der Waals surface area contributed by atoms with Crippen LogP contribution in [0.2, 0.25) is 0 Å². The average molecular weight is 281 g/mol. The zero-order valence-electron chi connectivity index (χ0n) is 12.7. The molecule has 1 fully saturated rings. The molecule has 0 spiro atoms. The fourth-order valence-electron chi connectivity index (χ4n) is 2.45. The van der Waals surface area contributed by atoms with E-state index in [1.165, 1.54) is 6.07 Å². The molecule has 0 radical (unpaired) electrons. The Morgan fingerprint density at radius 1 is 1.50 bits per heavy atom. The van der Waals surface area contributed by atoms with E-state index in [1.54, 1.807) is 6.07 Å². The number of benzene rings is 1. The summed E-state index contributed by atoms with van der Waals surface area (Å²) in [5.74, 6) is -0.0211. The molecule has 0 amide bonds. The van der Waals surface area contributed by atoms with Gasteiger partial charge in [-0.1, -0.05) is 6.07 Å². The van der Waals surface area contributed by atoms with E-state index in [9.17, 15) is 4.39 Å². The molecular weight excluding hydrogens is 257 g/mol. The van der Waals surface area contributed by atoms with Gasteiger partial charge in [0.25, 0.3) is 0 Å². The molecule has 2 unspecified atom stereocenters. The molecule has 1 aliphatic rings. The van der Waals surface area contributed by atoms with Crippen LogP contribution in [0.15, 0.2) is 18.2 Å². The van der Waals surface area contributed by atoms with E-state index in [0.29, 0.717) is 12.4 Å². The van der Waals surface area contributed by atoms with Gasteiger partial charge < -0.3 is 14.8 Å². The first-order valence-electron chi connectivity index (χ1n) is 7.18. The van der Waals surface area contributed by atoms with E-state index < -0.39 is 0 Å². The number of nitrogens with one attached hydrogen (secondary N) is 1. The first-order valence-corrected chi connectivity index (χ1v) is 7.18. The van der Waals surface area contributed by atoms with Crippen molar-refractivity contribution < 1.29 is 13.9 Å². The lowest BCUT2D eigenvalue weighted by atomic mass is 10.1. The lowest BCUT2D eigenvalue weighted by Gasteiger charge is -2.19. The maximum Gasteiger partial charge on any atom is 0.165 e. The molecule has 1 saturated heterocycles. The van der Waals surface area contributed by atoms with Gasteiger partial charge in [-0.2, -0.15) is 0 Å². The molecule has 1 N–H and O–H groups in total. The molecule has 0 bridgehead atoms. The summed E-state index contributed by atoms with van der Waals surface area (Å²) in [4.78, 5) is 0. The number of halogens is 1. The molecule has 4 heteroatoms. The summed E-state index contributed by atoms with van der Waals surface area (Å²) in [6.07, 6.45) is 2.03. The highest BCUT2D eigenvalue weighted by molar-refractivity contribution is 5.30. The minimum Gasteiger partial charge on any atom is -0.488 e. The zero-order valence-corrected chi connectivity index (χ0v) is 12.7. The van der Waals surface area contributed by atoms with Gasteiger partial charge in [-0.25, -0.2) is 4.39 Å². The van der Waals surface area contributed by atoms with Crippen LogP contribution in [0.5, 0.6) is 5.75 Å². The van der Waals surface area contributed by atoms with E-state index in [2.05, 4.69) is 19.2 Å². The molecule has 20 heavy (non-hydrogen) atoms. The lowest BCUT2D eigenvalue weighted by Crippen LogP contribution is -2.24. The van der Waals surface area contributed by atoms with Crippen molar-refractivity contribution in [3.63, 3.8) is 0 Å². The summed E-state index contributed by atoms with van der Waals surface area (Å²) in [6.45, 7) is 6.54. The molecule has 3 nitrogen and oxygen atoms in total. The number of hydrogen-bond acceptors (Lipinski definition) is 3. The van der Waals surface area contributed by atoms with Gasteiger partial charge >= 0.3 is 0 Å². The second kappa shape index (κ2) is 6.10. The summed E-state index contributed by atoms with van der Waals surface area (Å²) in [5.41, 5.74) is 0.828. The molecule has 1 aliphatic heterocycles. The van der Waals surface area contributed by atoms with Crippen molar-refractivity contribution in [2.24, 2.45) is 0 Å². The molecule has 112 valence electrons. The van der Waals surface area contributed by atoms with Crippen LogP contribution in [-0.4, -0.2) is 25.4 Å². The third kappa shape index (κ3) is 3.70. The maximum atomic E-state index is 14.0. The van der Waals surface area contributed by atoms with Crippen LogP contribution in [0.1, 0.15) is 45.2 Å². The molecule has 1 heterocycles. The van der Waals surface area contributed by atoms with Gasteiger partial charge in [0.15, 0.2) is 11.6 Å². The van der Waals surface area contributed by atoms with E-state index in [0.717, 1.165) is 18.4 Å². The monoisotopic (exact) mass is 281 g/mol. The molecule has 0 aromatic heterocycles. The van der Waals surface area contributed by atoms with Crippen molar-refractivity contribution in [1.82, 2.24) is 5.32 Å². The van der Waals surface area contributed by atoms with Crippen molar-refractivity contribution in [2.75, 3.05) is 13.7 Å². The van der Waals surface area contributed by atoms with Crippen LogP contribution >= 0.6 is 0 Å². The molecule has 2 atom stereocenters. The molecule has 0 aliphatic carbocycles. The summed E-state index contributed by atoms with van der Waals surface area (Å²) >= 11 is 0. The Morgan fingerprint density at radius 2 is 2.25 bits per heavy atom.